The normalized spacial score (nSPS) is 11.3. The van der Waals surface area contributed by atoms with Crippen molar-refractivity contribution in [2.24, 2.45) is 0 Å². The number of hydrogen-bond acceptors (Lipinski definition) is 4. The Bertz CT molecular complexity index is 1270. The van der Waals surface area contributed by atoms with E-state index in [9.17, 15) is 15.0 Å². The summed E-state index contributed by atoms with van der Waals surface area (Å²) in [7, 11) is 0. The summed E-state index contributed by atoms with van der Waals surface area (Å²) < 4.78 is 0. The minimum atomic E-state index is -1.15. The largest absolute Gasteiger partial charge is 0.505 e. The molecule has 0 saturated carbocycles. The first kappa shape index (κ1) is 25.2. The van der Waals surface area contributed by atoms with E-state index in [0.29, 0.717) is 23.0 Å². The van der Waals surface area contributed by atoms with Gasteiger partial charge in [-0.25, -0.2) is 9.78 Å². The Labute approximate surface area is 201 Å². The fourth-order valence-corrected chi connectivity index (χ4v) is 4.28. The molecule has 6 heteroatoms. The van der Waals surface area contributed by atoms with Crippen molar-refractivity contribution in [1.29, 1.82) is 0 Å². The van der Waals surface area contributed by atoms with Gasteiger partial charge in [0, 0.05) is 28.9 Å². The highest BCUT2D eigenvalue weighted by atomic mass is 16.4. The number of aromatic carboxylic acids is 1. The molecule has 2 heterocycles. The maximum atomic E-state index is 11.9. The molecule has 34 heavy (non-hydrogen) atoms. The van der Waals surface area contributed by atoms with Crippen molar-refractivity contribution in [1.82, 2.24) is 14.9 Å². The molecule has 0 aliphatic carbocycles. The molecule has 4 rings (SSSR count). The van der Waals surface area contributed by atoms with Crippen LogP contribution in [0.15, 0.2) is 48.7 Å². The summed E-state index contributed by atoms with van der Waals surface area (Å²) in [5, 5.41) is 21.9. The molecule has 2 aromatic carbocycles. The number of nitrogens with one attached hydrogen (secondary N) is 1. The highest BCUT2D eigenvalue weighted by Crippen LogP contribution is 2.34. The Morgan fingerprint density at radius 3 is 2.24 bits per heavy atom. The average molecular weight is 462 g/mol. The maximum Gasteiger partial charge on any atom is 0.340 e. The van der Waals surface area contributed by atoms with Gasteiger partial charge in [-0.05, 0) is 42.7 Å². The zero-order chi connectivity index (χ0) is 24.8. The summed E-state index contributed by atoms with van der Waals surface area (Å²) in [6.45, 7) is 14.2. The van der Waals surface area contributed by atoms with E-state index in [1.54, 1.807) is 6.07 Å². The van der Waals surface area contributed by atoms with Crippen molar-refractivity contribution in [2.75, 3.05) is 19.6 Å². The van der Waals surface area contributed by atoms with E-state index < -0.39 is 5.97 Å². The van der Waals surface area contributed by atoms with E-state index in [0.717, 1.165) is 22.0 Å². The van der Waals surface area contributed by atoms with E-state index in [1.807, 2.05) is 56.4 Å². The van der Waals surface area contributed by atoms with E-state index in [4.69, 9.17) is 4.98 Å². The molecule has 0 saturated heterocycles. The number of carboxylic acids is 1. The van der Waals surface area contributed by atoms with E-state index >= 15 is 0 Å². The van der Waals surface area contributed by atoms with Gasteiger partial charge in [-0.15, -0.1) is 0 Å². The Hall–Kier alpha value is -3.38. The van der Waals surface area contributed by atoms with Crippen LogP contribution in [0.25, 0.3) is 21.8 Å². The van der Waals surface area contributed by atoms with Gasteiger partial charge in [0.15, 0.2) is 5.75 Å². The topological polar surface area (TPSA) is 89.4 Å². The maximum absolute atomic E-state index is 11.9. The molecule has 0 radical (unpaired) electrons. The molecule has 180 valence electrons. The van der Waals surface area contributed by atoms with Gasteiger partial charge in [-0.3, -0.25) is 0 Å². The SMILES string of the molecule is CC(C)c1cccc2c(C(=O)O)c(O)c(Cc3c[nH]c4ccccc34)nc12.CCN(CC)CC. The number of carbonyl (C=O) groups is 1. The number of para-hydroxylation sites is 2. The molecule has 0 atom stereocenters. The lowest BCUT2D eigenvalue weighted by molar-refractivity contribution is 0.0695. The number of fused-ring (bicyclic) bond motifs is 2. The van der Waals surface area contributed by atoms with Crippen LogP contribution in [0.2, 0.25) is 0 Å². The van der Waals surface area contributed by atoms with Gasteiger partial charge in [0.2, 0.25) is 0 Å². The van der Waals surface area contributed by atoms with E-state index in [2.05, 4.69) is 30.7 Å². The number of rotatable bonds is 7. The lowest BCUT2D eigenvalue weighted by atomic mass is 9.95. The molecule has 0 bridgehead atoms. The van der Waals surface area contributed by atoms with Crippen molar-refractivity contribution >= 4 is 27.8 Å². The monoisotopic (exact) mass is 461 g/mol. The van der Waals surface area contributed by atoms with E-state index in [-0.39, 0.29) is 17.2 Å². The molecule has 0 aliphatic heterocycles. The third-order valence-electron chi connectivity index (χ3n) is 6.30. The zero-order valence-electron chi connectivity index (χ0n) is 20.7. The van der Waals surface area contributed by atoms with Crippen molar-refractivity contribution in [3.05, 3.63) is 71.0 Å². The number of nitrogens with zero attached hydrogens (tertiary/aromatic N) is 2. The van der Waals surface area contributed by atoms with Gasteiger partial charge < -0.3 is 20.1 Å². The predicted octanol–water partition coefficient (Wildman–Crippen LogP) is 6.18. The minimum Gasteiger partial charge on any atom is -0.505 e. The van der Waals surface area contributed by atoms with Gasteiger partial charge in [0.25, 0.3) is 0 Å². The Morgan fingerprint density at radius 1 is 1.00 bits per heavy atom. The van der Waals surface area contributed by atoms with Crippen LogP contribution < -0.4 is 0 Å². The molecule has 0 spiro atoms. The fraction of sp³-hybridized carbons (Fsp3) is 0.357. The van der Waals surface area contributed by atoms with Gasteiger partial charge in [0.1, 0.15) is 5.56 Å². The second-order valence-corrected chi connectivity index (χ2v) is 8.64. The zero-order valence-corrected chi connectivity index (χ0v) is 20.7. The molecule has 0 aliphatic rings. The average Bonchev–Trinajstić information content (AvgIpc) is 3.23. The summed E-state index contributed by atoms with van der Waals surface area (Å²) >= 11 is 0. The molecule has 3 N–H and O–H groups in total. The third-order valence-corrected chi connectivity index (χ3v) is 6.30. The van der Waals surface area contributed by atoms with Gasteiger partial charge in [-0.2, -0.15) is 0 Å². The van der Waals surface area contributed by atoms with Crippen LogP contribution >= 0.6 is 0 Å². The fourth-order valence-electron chi connectivity index (χ4n) is 4.28. The number of benzene rings is 2. The van der Waals surface area contributed by atoms with Crippen LogP contribution in [0.3, 0.4) is 0 Å². The Morgan fingerprint density at radius 2 is 1.65 bits per heavy atom. The van der Waals surface area contributed by atoms with Crippen LogP contribution in [-0.4, -0.2) is 50.7 Å². The first-order valence-corrected chi connectivity index (χ1v) is 12.0. The summed E-state index contributed by atoms with van der Waals surface area (Å²) in [6, 6.07) is 13.3. The van der Waals surface area contributed by atoms with Gasteiger partial charge in [-0.1, -0.05) is 71.0 Å². The van der Waals surface area contributed by atoms with Gasteiger partial charge in [0.05, 0.1) is 11.2 Å². The number of H-pyrrole nitrogens is 1. The quantitative estimate of drug-likeness (QED) is 0.306. The third kappa shape index (κ3) is 5.23. The van der Waals surface area contributed by atoms with Crippen LogP contribution in [0.4, 0.5) is 0 Å². The van der Waals surface area contributed by atoms with E-state index in [1.165, 1.54) is 19.6 Å². The summed E-state index contributed by atoms with van der Waals surface area (Å²) in [5.41, 5.74) is 3.85. The number of aromatic hydroxyl groups is 1. The smallest absolute Gasteiger partial charge is 0.340 e. The van der Waals surface area contributed by atoms with Crippen molar-refractivity contribution in [3.8, 4) is 5.75 Å². The number of pyridine rings is 1. The molecule has 2 aromatic heterocycles. The first-order chi connectivity index (χ1) is 16.3. The standard InChI is InChI=1S/C22H20N2O3.C6H15N/c1-12(2)14-7-5-8-16-19(22(26)27)21(25)18(24-20(14)16)10-13-11-23-17-9-4-3-6-15(13)17;1-4-7(5-2)6-3/h3-9,11-12,23,25H,10H2,1-2H3,(H,26,27);4-6H2,1-3H3. The summed E-state index contributed by atoms with van der Waals surface area (Å²) in [5.74, 6) is -1.23. The molecule has 6 nitrogen and oxygen atoms in total. The Balaban J connectivity index is 0.000000406. The molecule has 0 fully saturated rings. The van der Waals surface area contributed by atoms with Crippen molar-refractivity contribution in [2.45, 2.75) is 47.0 Å². The summed E-state index contributed by atoms with van der Waals surface area (Å²) in [4.78, 5) is 22.2. The van der Waals surface area contributed by atoms with Crippen molar-refractivity contribution in [3.63, 3.8) is 0 Å². The molecular formula is C28H35N3O3. The van der Waals surface area contributed by atoms with Crippen LogP contribution in [0, 0.1) is 0 Å². The molecule has 0 unspecified atom stereocenters. The predicted molar refractivity (Wildman–Crippen MR) is 139 cm³/mol. The number of aromatic nitrogens is 2. The number of carboxylic acid groups (broad SMARTS) is 1. The highest BCUT2D eigenvalue weighted by Gasteiger charge is 2.22. The number of hydrogen-bond donors (Lipinski definition) is 3. The Kier molecular flexibility index (Phi) is 8.29. The van der Waals surface area contributed by atoms with Crippen LogP contribution in [0.1, 0.15) is 67.7 Å². The molecule has 0 amide bonds. The molecule has 4 aromatic rings. The number of aromatic amines is 1. The first-order valence-electron chi connectivity index (χ1n) is 12.0. The second kappa shape index (κ2) is 11.2. The lowest BCUT2D eigenvalue weighted by Crippen LogP contribution is -2.21. The van der Waals surface area contributed by atoms with Gasteiger partial charge >= 0.3 is 5.97 Å². The summed E-state index contributed by atoms with van der Waals surface area (Å²) in [6.07, 6.45) is 2.23. The van der Waals surface area contributed by atoms with Crippen molar-refractivity contribution < 1.29 is 15.0 Å². The van der Waals surface area contributed by atoms with Crippen LogP contribution in [0.5, 0.6) is 5.75 Å². The second-order valence-electron chi connectivity index (χ2n) is 8.64. The highest BCUT2D eigenvalue weighted by molar-refractivity contribution is 6.06. The minimum absolute atomic E-state index is 0.0858. The molecular weight excluding hydrogens is 426 g/mol. The lowest BCUT2D eigenvalue weighted by Gasteiger charge is -2.14. The van der Waals surface area contributed by atoms with Crippen LogP contribution in [-0.2, 0) is 6.42 Å².